The number of alkyl halides is 4. The van der Waals surface area contributed by atoms with Gasteiger partial charge in [-0.25, -0.2) is 0 Å². The monoisotopic (exact) mass is 388 g/mol. The van der Waals surface area contributed by atoms with E-state index in [1.165, 1.54) is 23.5 Å². The first kappa shape index (κ1) is 15.2. The van der Waals surface area contributed by atoms with E-state index in [-0.39, 0.29) is 5.56 Å². The molecule has 0 nitrogen and oxygen atoms in total. The van der Waals surface area contributed by atoms with E-state index in [2.05, 4.69) is 15.9 Å². The molecule has 0 spiro atoms. The summed E-state index contributed by atoms with van der Waals surface area (Å²) in [7, 11) is 0. The van der Waals surface area contributed by atoms with Crippen LogP contribution in [0.5, 0.6) is 0 Å². The maximum atomic E-state index is 13.0. The second-order valence-electron chi connectivity index (χ2n) is 3.72. The summed E-state index contributed by atoms with van der Waals surface area (Å²) < 4.78 is 39.4. The molecule has 0 aliphatic rings. The van der Waals surface area contributed by atoms with E-state index in [4.69, 9.17) is 23.2 Å². The molecule has 1 heterocycles. The van der Waals surface area contributed by atoms with Gasteiger partial charge >= 0.3 is 6.18 Å². The molecule has 1 atom stereocenters. The Labute approximate surface area is 130 Å². The number of thiophene rings is 1. The number of rotatable bonds is 2. The molecule has 0 bridgehead atoms. The topological polar surface area (TPSA) is 0 Å². The van der Waals surface area contributed by atoms with Crippen molar-refractivity contribution in [1.82, 2.24) is 0 Å². The largest absolute Gasteiger partial charge is 0.416 e. The highest BCUT2D eigenvalue weighted by Gasteiger charge is 2.36. The van der Waals surface area contributed by atoms with Crippen LogP contribution in [0.4, 0.5) is 13.2 Å². The summed E-state index contributed by atoms with van der Waals surface area (Å²) >= 11 is 16.3. The second-order valence-corrected chi connectivity index (χ2v) is 6.43. The molecule has 7 heteroatoms. The van der Waals surface area contributed by atoms with Crippen molar-refractivity contribution in [1.29, 1.82) is 0 Å². The number of benzene rings is 1. The van der Waals surface area contributed by atoms with Crippen LogP contribution in [-0.4, -0.2) is 0 Å². The lowest BCUT2D eigenvalue weighted by Crippen LogP contribution is -2.10. The summed E-state index contributed by atoms with van der Waals surface area (Å²) in [5.41, 5.74) is -0.756. The molecule has 0 amide bonds. The van der Waals surface area contributed by atoms with Crippen LogP contribution in [0.2, 0.25) is 5.02 Å². The Bertz CT molecular complexity index is 595. The second kappa shape index (κ2) is 5.64. The lowest BCUT2D eigenvalue weighted by atomic mass is 10.0. The van der Waals surface area contributed by atoms with E-state index < -0.39 is 17.1 Å². The normalized spacial score (nSPS) is 13.6. The van der Waals surface area contributed by atoms with E-state index in [1.54, 1.807) is 11.4 Å². The van der Waals surface area contributed by atoms with Crippen LogP contribution in [0, 0.1) is 0 Å². The molecule has 0 aliphatic heterocycles. The maximum Gasteiger partial charge on any atom is 0.416 e. The van der Waals surface area contributed by atoms with Gasteiger partial charge in [-0.2, -0.15) is 13.2 Å². The zero-order chi connectivity index (χ0) is 14.2. The van der Waals surface area contributed by atoms with Crippen molar-refractivity contribution in [3.8, 4) is 0 Å². The van der Waals surface area contributed by atoms with Crippen molar-refractivity contribution in [3.63, 3.8) is 0 Å². The van der Waals surface area contributed by atoms with E-state index in [9.17, 15) is 13.2 Å². The number of hydrogen-bond donors (Lipinski definition) is 0. The summed E-state index contributed by atoms with van der Waals surface area (Å²) in [6.07, 6.45) is -4.46. The highest BCUT2D eigenvalue weighted by Crippen LogP contribution is 2.43. The Kier molecular flexibility index (Phi) is 4.50. The molecule has 0 fully saturated rings. The minimum Gasteiger partial charge on any atom is -0.166 e. The Morgan fingerprint density at radius 3 is 2.42 bits per heavy atom. The van der Waals surface area contributed by atoms with Gasteiger partial charge in [0, 0.05) is 9.35 Å². The minimum atomic E-state index is -4.46. The highest BCUT2D eigenvalue weighted by atomic mass is 79.9. The summed E-state index contributed by atoms with van der Waals surface area (Å²) in [6.45, 7) is 0. The highest BCUT2D eigenvalue weighted by molar-refractivity contribution is 9.10. The fourth-order valence-electron chi connectivity index (χ4n) is 1.62. The fourth-order valence-corrected chi connectivity index (χ4v) is 3.66. The summed E-state index contributed by atoms with van der Waals surface area (Å²) in [5, 5.41) is 1.15. The zero-order valence-electron chi connectivity index (χ0n) is 9.14. The lowest BCUT2D eigenvalue weighted by molar-refractivity contribution is -0.138. The van der Waals surface area contributed by atoms with Gasteiger partial charge in [0.15, 0.2) is 0 Å². The molecule has 0 aliphatic carbocycles. The molecule has 19 heavy (non-hydrogen) atoms. The predicted molar refractivity (Wildman–Crippen MR) is 76.2 cm³/mol. The van der Waals surface area contributed by atoms with Gasteiger partial charge in [-0.3, -0.25) is 0 Å². The van der Waals surface area contributed by atoms with Crippen molar-refractivity contribution in [3.05, 3.63) is 55.1 Å². The van der Waals surface area contributed by atoms with Crippen LogP contribution in [0.3, 0.4) is 0 Å². The lowest BCUT2D eigenvalue weighted by Gasteiger charge is -2.17. The Morgan fingerprint density at radius 2 is 1.89 bits per heavy atom. The first-order valence-electron chi connectivity index (χ1n) is 5.04. The molecule has 1 aromatic carbocycles. The molecular formula is C12H6BrCl2F3S. The van der Waals surface area contributed by atoms with Crippen LogP contribution in [0.25, 0.3) is 0 Å². The quantitative estimate of drug-likeness (QED) is 0.513. The zero-order valence-corrected chi connectivity index (χ0v) is 13.1. The molecule has 0 radical (unpaired) electrons. The van der Waals surface area contributed by atoms with Gasteiger partial charge in [-0.05, 0) is 29.1 Å². The van der Waals surface area contributed by atoms with Crippen LogP contribution < -0.4 is 0 Å². The summed E-state index contributed by atoms with van der Waals surface area (Å²) in [6, 6.07) is 5.53. The minimum absolute atomic E-state index is 0.00159. The molecule has 1 aromatic heterocycles. The van der Waals surface area contributed by atoms with Crippen molar-refractivity contribution in [2.45, 2.75) is 11.6 Å². The maximum absolute atomic E-state index is 13.0. The standard InChI is InChI=1S/C12H6BrCl2F3S/c13-6-1-2-7(8(5-6)12(16,17)18)10(15)11-9(14)3-4-19-11/h1-5,10H. The third kappa shape index (κ3) is 3.27. The van der Waals surface area contributed by atoms with Gasteiger partial charge in [-0.15, -0.1) is 22.9 Å². The smallest absolute Gasteiger partial charge is 0.166 e. The molecule has 0 saturated heterocycles. The van der Waals surface area contributed by atoms with E-state index in [0.29, 0.717) is 14.4 Å². The molecular weight excluding hydrogens is 384 g/mol. The van der Waals surface area contributed by atoms with Gasteiger partial charge in [0.05, 0.1) is 16.0 Å². The van der Waals surface area contributed by atoms with Crippen LogP contribution in [-0.2, 0) is 6.18 Å². The first-order valence-corrected chi connectivity index (χ1v) is 7.53. The third-order valence-electron chi connectivity index (χ3n) is 2.47. The number of hydrogen-bond acceptors (Lipinski definition) is 1. The van der Waals surface area contributed by atoms with Crippen molar-refractivity contribution < 1.29 is 13.2 Å². The van der Waals surface area contributed by atoms with E-state index in [0.717, 1.165) is 6.07 Å². The Balaban J connectivity index is 2.54. The molecule has 1 unspecified atom stereocenters. The molecule has 2 rings (SSSR count). The SMILES string of the molecule is FC(F)(F)c1cc(Br)ccc1C(Cl)c1sccc1Cl. The predicted octanol–water partition coefficient (Wildman–Crippen LogP) is 6.51. The molecule has 102 valence electrons. The summed E-state index contributed by atoms with van der Waals surface area (Å²) in [5.74, 6) is 0. The first-order chi connectivity index (χ1) is 8.80. The Hall–Kier alpha value is -0.230. The van der Waals surface area contributed by atoms with Crippen LogP contribution >= 0.6 is 50.5 Å². The van der Waals surface area contributed by atoms with Gasteiger partial charge < -0.3 is 0 Å². The number of halogens is 6. The molecule has 0 saturated carbocycles. The van der Waals surface area contributed by atoms with Crippen LogP contribution in [0.1, 0.15) is 21.4 Å². The van der Waals surface area contributed by atoms with Gasteiger partial charge in [0.1, 0.15) is 0 Å². The van der Waals surface area contributed by atoms with E-state index in [1.807, 2.05) is 0 Å². The average molecular weight is 390 g/mol. The van der Waals surface area contributed by atoms with Crippen LogP contribution in [0.15, 0.2) is 34.1 Å². The van der Waals surface area contributed by atoms with Gasteiger partial charge in [-0.1, -0.05) is 33.6 Å². The van der Waals surface area contributed by atoms with Crippen molar-refractivity contribution in [2.24, 2.45) is 0 Å². The fraction of sp³-hybridized carbons (Fsp3) is 0.167. The molecule has 0 N–H and O–H groups in total. The van der Waals surface area contributed by atoms with Gasteiger partial charge in [0.25, 0.3) is 0 Å². The Morgan fingerprint density at radius 1 is 1.21 bits per heavy atom. The summed E-state index contributed by atoms with van der Waals surface area (Å²) in [4.78, 5) is 0.510. The third-order valence-corrected chi connectivity index (χ3v) is 4.97. The van der Waals surface area contributed by atoms with Gasteiger partial charge in [0.2, 0.25) is 0 Å². The van der Waals surface area contributed by atoms with Crippen molar-refractivity contribution >= 4 is 50.5 Å². The average Bonchev–Trinajstić information content (AvgIpc) is 2.73. The van der Waals surface area contributed by atoms with Crippen molar-refractivity contribution in [2.75, 3.05) is 0 Å². The molecule has 2 aromatic rings. The van der Waals surface area contributed by atoms with E-state index >= 15 is 0 Å².